The molecule has 1 rings (SSSR count). The summed E-state index contributed by atoms with van der Waals surface area (Å²) in [6.45, 7) is 2.06. The van der Waals surface area contributed by atoms with Gasteiger partial charge >= 0.3 is 5.97 Å². The van der Waals surface area contributed by atoms with Gasteiger partial charge in [-0.1, -0.05) is 0 Å². The number of nitro benzene ring substituents is 1. The molecule has 0 amide bonds. The second-order valence-electron chi connectivity index (χ2n) is 3.63. The molecule has 0 saturated heterocycles. The van der Waals surface area contributed by atoms with E-state index in [1.165, 1.54) is 13.2 Å². The summed E-state index contributed by atoms with van der Waals surface area (Å²) in [7, 11) is 1.51. The van der Waals surface area contributed by atoms with Crippen molar-refractivity contribution in [2.24, 2.45) is 0 Å². The standard InChI is InChI=1S/C11H13NO6/c1-7(6-17-2)18-8-3-4-9(11(13)14)10(5-8)12(15)16/h3-5,7H,6H2,1-2H3,(H,13,14). The number of benzene rings is 1. The third-order valence-corrected chi connectivity index (χ3v) is 2.13. The molecular formula is C11H13NO6. The summed E-state index contributed by atoms with van der Waals surface area (Å²) in [6.07, 6.45) is -0.287. The van der Waals surface area contributed by atoms with E-state index in [-0.39, 0.29) is 17.4 Å². The van der Waals surface area contributed by atoms with Crippen LogP contribution in [0.5, 0.6) is 5.75 Å². The van der Waals surface area contributed by atoms with Crippen LogP contribution in [-0.4, -0.2) is 35.8 Å². The summed E-state index contributed by atoms with van der Waals surface area (Å²) in [5.41, 5.74) is -0.864. The Labute approximate surface area is 103 Å². The minimum absolute atomic E-state index is 0.233. The minimum atomic E-state index is -1.35. The van der Waals surface area contributed by atoms with Crippen molar-refractivity contribution in [2.45, 2.75) is 13.0 Å². The molecule has 1 aromatic rings. The molecule has 18 heavy (non-hydrogen) atoms. The Hall–Kier alpha value is -2.15. The highest BCUT2D eigenvalue weighted by molar-refractivity contribution is 5.92. The molecule has 0 aliphatic carbocycles. The van der Waals surface area contributed by atoms with Gasteiger partial charge in [-0.15, -0.1) is 0 Å². The maximum absolute atomic E-state index is 10.8. The van der Waals surface area contributed by atoms with Crippen molar-refractivity contribution in [3.63, 3.8) is 0 Å². The number of carboxylic acids is 1. The molecule has 98 valence electrons. The van der Waals surface area contributed by atoms with Crippen LogP contribution in [0.15, 0.2) is 18.2 Å². The van der Waals surface area contributed by atoms with Crippen LogP contribution >= 0.6 is 0 Å². The van der Waals surface area contributed by atoms with Crippen molar-refractivity contribution in [1.29, 1.82) is 0 Å². The molecule has 0 aromatic heterocycles. The predicted molar refractivity (Wildman–Crippen MR) is 62.0 cm³/mol. The fourth-order valence-corrected chi connectivity index (χ4v) is 1.42. The molecular weight excluding hydrogens is 242 g/mol. The van der Waals surface area contributed by atoms with Crippen molar-refractivity contribution in [2.75, 3.05) is 13.7 Å². The van der Waals surface area contributed by atoms with Crippen LogP contribution in [0, 0.1) is 10.1 Å². The molecule has 0 spiro atoms. The van der Waals surface area contributed by atoms with E-state index >= 15 is 0 Å². The van der Waals surface area contributed by atoms with Gasteiger partial charge in [-0.25, -0.2) is 4.79 Å². The highest BCUT2D eigenvalue weighted by atomic mass is 16.6. The summed E-state index contributed by atoms with van der Waals surface area (Å²) in [5.74, 6) is -1.12. The smallest absolute Gasteiger partial charge is 0.342 e. The van der Waals surface area contributed by atoms with Crippen LogP contribution in [-0.2, 0) is 4.74 Å². The van der Waals surface area contributed by atoms with Crippen LogP contribution in [0.3, 0.4) is 0 Å². The fourth-order valence-electron chi connectivity index (χ4n) is 1.42. The maximum Gasteiger partial charge on any atom is 0.342 e. The van der Waals surface area contributed by atoms with Crippen molar-refractivity contribution in [3.05, 3.63) is 33.9 Å². The topological polar surface area (TPSA) is 98.9 Å². The van der Waals surface area contributed by atoms with E-state index in [0.717, 1.165) is 12.1 Å². The molecule has 7 nitrogen and oxygen atoms in total. The van der Waals surface area contributed by atoms with E-state index in [1.54, 1.807) is 6.92 Å². The Balaban J connectivity index is 3.00. The van der Waals surface area contributed by atoms with Gasteiger partial charge in [0.2, 0.25) is 0 Å². The largest absolute Gasteiger partial charge is 0.488 e. The number of rotatable bonds is 6. The molecule has 0 fully saturated rings. The maximum atomic E-state index is 10.8. The summed E-state index contributed by atoms with van der Waals surface area (Å²) in [5, 5.41) is 19.6. The minimum Gasteiger partial charge on any atom is -0.488 e. The average Bonchev–Trinajstić information content (AvgIpc) is 2.28. The first-order valence-electron chi connectivity index (χ1n) is 5.13. The molecule has 0 aliphatic heterocycles. The third-order valence-electron chi connectivity index (χ3n) is 2.13. The first-order chi connectivity index (χ1) is 8.45. The van der Waals surface area contributed by atoms with Gasteiger partial charge in [0.25, 0.3) is 5.69 Å². The van der Waals surface area contributed by atoms with E-state index in [9.17, 15) is 14.9 Å². The normalized spacial score (nSPS) is 11.9. The highest BCUT2D eigenvalue weighted by Crippen LogP contribution is 2.25. The summed E-state index contributed by atoms with van der Waals surface area (Å²) in [6, 6.07) is 3.62. The quantitative estimate of drug-likeness (QED) is 0.613. The molecule has 1 N–H and O–H groups in total. The van der Waals surface area contributed by atoms with Gasteiger partial charge in [-0.2, -0.15) is 0 Å². The summed E-state index contributed by atoms with van der Waals surface area (Å²) >= 11 is 0. The van der Waals surface area contributed by atoms with Gasteiger partial charge in [0.05, 0.1) is 17.6 Å². The molecule has 1 atom stereocenters. The average molecular weight is 255 g/mol. The lowest BCUT2D eigenvalue weighted by molar-refractivity contribution is -0.385. The molecule has 7 heteroatoms. The molecule has 0 radical (unpaired) electrons. The number of carboxylic acid groups (broad SMARTS) is 1. The zero-order valence-electron chi connectivity index (χ0n) is 9.95. The van der Waals surface area contributed by atoms with Crippen LogP contribution in [0.1, 0.15) is 17.3 Å². The zero-order valence-corrected chi connectivity index (χ0v) is 9.95. The van der Waals surface area contributed by atoms with E-state index in [1.807, 2.05) is 0 Å². The Morgan fingerprint density at radius 1 is 1.56 bits per heavy atom. The van der Waals surface area contributed by atoms with Crippen LogP contribution < -0.4 is 4.74 Å². The number of hydrogen-bond donors (Lipinski definition) is 1. The number of ether oxygens (including phenoxy) is 2. The lowest BCUT2D eigenvalue weighted by Gasteiger charge is -2.13. The first-order valence-corrected chi connectivity index (χ1v) is 5.13. The number of nitrogens with zero attached hydrogens (tertiary/aromatic N) is 1. The fraction of sp³-hybridized carbons (Fsp3) is 0.364. The lowest BCUT2D eigenvalue weighted by Crippen LogP contribution is -2.18. The van der Waals surface area contributed by atoms with E-state index in [2.05, 4.69) is 0 Å². The van der Waals surface area contributed by atoms with Crippen molar-refractivity contribution >= 4 is 11.7 Å². The predicted octanol–water partition coefficient (Wildman–Crippen LogP) is 1.71. The van der Waals surface area contributed by atoms with E-state index < -0.39 is 16.6 Å². The molecule has 0 bridgehead atoms. The number of methoxy groups -OCH3 is 1. The van der Waals surface area contributed by atoms with Gasteiger partial charge in [-0.05, 0) is 19.1 Å². The molecule has 0 saturated carbocycles. The monoisotopic (exact) mass is 255 g/mol. The number of carbonyl (C=O) groups is 1. The van der Waals surface area contributed by atoms with Gasteiger partial charge in [0.15, 0.2) is 0 Å². The second-order valence-corrected chi connectivity index (χ2v) is 3.63. The van der Waals surface area contributed by atoms with Crippen LogP contribution in [0.25, 0.3) is 0 Å². The van der Waals surface area contributed by atoms with E-state index in [0.29, 0.717) is 6.61 Å². The Morgan fingerprint density at radius 3 is 2.72 bits per heavy atom. The molecule has 1 aromatic carbocycles. The van der Waals surface area contributed by atoms with Gasteiger partial charge in [0, 0.05) is 7.11 Å². The second kappa shape index (κ2) is 5.97. The van der Waals surface area contributed by atoms with Crippen molar-refractivity contribution in [3.8, 4) is 5.75 Å². The van der Waals surface area contributed by atoms with Gasteiger partial charge in [0.1, 0.15) is 17.4 Å². The molecule has 1 unspecified atom stereocenters. The van der Waals surface area contributed by atoms with Crippen LogP contribution in [0.2, 0.25) is 0 Å². The van der Waals surface area contributed by atoms with Crippen molar-refractivity contribution in [1.82, 2.24) is 0 Å². The highest BCUT2D eigenvalue weighted by Gasteiger charge is 2.21. The summed E-state index contributed by atoms with van der Waals surface area (Å²) in [4.78, 5) is 20.8. The Morgan fingerprint density at radius 2 is 2.22 bits per heavy atom. The zero-order chi connectivity index (χ0) is 13.7. The number of aromatic carboxylic acids is 1. The lowest BCUT2D eigenvalue weighted by atomic mass is 10.1. The Bertz CT molecular complexity index is 459. The SMILES string of the molecule is COCC(C)Oc1ccc(C(=O)O)c([N+](=O)[O-])c1. The third kappa shape index (κ3) is 3.42. The molecule has 0 heterocycles. The van der Waals surface area contributed by atoms with Crippen LogP contribution in [0.4, 0.5) is 5.69 Å². The van der Waals surface area contributed by atoms with Gasteiger partial charge < -0.3 is 14.6 Å². The van der Waals surface area contributed by atoms with Gasteiger partial charge in [-0.3, -0.25) is 10.1 Å². The Kier molecular flexibility index (Phi) is 4.61. The van der Waals surface area contributed by atoms with Crippen molar-refractivity contribution < 1.29 is 24.3 Å². The number of hydrogen-bond acceptors (Lipinski definition) is 5. The number of nitro groups is 1. The van der Waals surface area contributed by atoms with E-state index in [4.69, 9.17) is 14.6 Å². The first kappa shape index (κ1) is 13.9. The summed E-state index contributed by atoms with van der Waals surface area (Å²) < 4.78 is 10.2. The molecule has 0 aliphatic rings.